The van der Waals surface area contributed by atoms with Crippen molar-refractivity contribution in [1.82, 2.24) is 4.90 Å². The average molecular weight is 262 g/mol. The molecular formula is C15H22N2O2. The smallest absolute Gasteiger partial charge is 0.340 e. The van der Waals surface area contributed by atoms with Gasteiger partial charge in [0.25, 0.3) is 0 Å². The molecule has 1 saturated heterocycles. The molecule has 2 rings (SSSR count). The lowest BCUT2D eigenvalue weighted by Gasteiger charge is -2.18. The molecule has 1 aliphatic heterocycles. The quantitative estimate of drug-likeness (QED) is 0.668. The Morgan fingerprint density at radius 3 is 2.95 bits per heavy atom. The number of carbonyl (C=O) groups excluding carboxylic acids is 1. The molecule has 1 atom stereocenters. The molecule has 19 heavy (non-hydrogen) atoms. The Hall–Kier alpha value is -1.55. The van der Waals surface area contributed by atoms with Crippen molar-refractivity contribution in [3.8, 4) is 0 Å². The fourth-order valence-corrected chi connectivity index (χ4v) is 2.73. The molecule has 0 spiro atoms. The Labute approximate surface area is 114 Å². The van der Waals surface area contributed by atoms with Crippen LogP contribution in [0.15, 0.2) is 18.2 Å². The summed E-state index contributed by atoms with van der Waals surface area (Å²) in [5.74, 6) is 0.432. The first-order chi connectivity index (χ1) is 9.15. The third-order valence-electron chi connectivity index (χ3n) is 3.91. The summed E-state index contributed by atoms with van der Waals surface area (Å²) in [5, 5.41) is 0. The van der Waals surface area contributed by atoms with E-state index in [0.29, 0.717) is 11.3 Å². The second kappa shape index (κ2) is 6.06. The molecule has 0 amide bonds. The molecular weight excluding hydrogens is 240 g/mol. The van der Waals surface area contributed by atoms with E-state index < -0.39 is 0 Å². The summed E-state index contributed by atoms with van der Waals surface area (Å²) in [4.78, 5) is 14.2. The van der Waals surface area contributed by atoms with Crippen molar-refractivity contribution in [3.05, 3.63) is 29.3 Å². The highest BCUT2D eigenvalue weighted by molar-refractivity contribution is 5.96. The van der Waals surface area contributed by atoms with Gasteiger partial charge in [-0.25, -0.2) is 4.79 Å². The van der Waals surface area contributed by atoms with Crippen LogP contribution in [0.2, 0.25) is 0 Å². The number of nitrogens with two attached hydrogens (primary N) is 1. The molecule has 0 aliphatic carbocycles. The number of nitrogen functional groups attached to an aromatic ring is 1. The van der Waals surface area contributed by atoms with Crippen LogP contribution in [0.1, 0.15) is 35.7 Å². The van der Waals surface area contributed by atoms with Crippen LogP contribution in [0.25, 0.3) is 0 Å². The van der Waals surface area contributed by atoms with Gasteiger partial charge in [0.1, 0.15) is 0 Å². The first kappa shape index (κ1) is 13.9. The summed E-state index contributed by atoms with van der Waals surface area (Å²) in [6.07, 6.45) is 2.46. The minimum atomic E-state index is -0.348. The molecule has 0 radical (unpaired) electrons. The molecule has 1 unspecified atom stereocenters. The molecule has 2 N–H and O–H groups in total. The first-order valence-corrected chi connectivity index (χ1v) is 6.83. The summed E-state index contributed by atoms with van der Waals surface area (Å²) in [7, 11) is 1.39. The van der Waals surface area contributed by atoms with Crippen LogP contribution < -0.4 is 5.73 Å². The van der Waals surface area contributed by atoms with E-state index in [4.69, 9.17) is 10.5 Å². The zero-order valence-corrected chi connectivity index (χ0v) is 11.7. The van der Waals surface area contributed by atoms with Gasteiger partial charge in [0.05, 0.1) is 12.7 Å². The number of hydrogen-bond donors (Lipinski definition) is 1. The predicted octanol–water partition coefficient (Wildman–Crippen LogP) is 2.29. The van der Waals surface area contributed by atoms with Crippen LogP contribution >= 0.6 is 0 Å². The van der Waals surface area contributed by atoms with Crippen molar-refractivity contribution >= 4 is 11.7 Å². The van der Waals surface area contributed by atoms with Crippen molar-refractivity contribution in [3.63, 3.8) is 0 Å². The maximum absolute atomic E-state index is 11.8. The van der Waals surface area contributed by atoms with Gasteiger partial charge in [0.15, 0.2) is 0 Å². The van der Waals surface area contributed by atoms with Gasteiger partial charge in [0, 0.05) is 18.8 Å². The maximum atomic E-state index is 11.8. The molecule has 104 valence electrons. The van der Waals surface area contributed by atoms with Crippen molar-refractivity contribution in [1.29, 1.82) is 0 Å². The number of benzene rings is 1. The van der Waals surface area contributed by atoms with E-state index in [1.165, 1.54) is 20.0 Å². The van der Waals surface area contributed by atoms with Crippen LogP contribution in [-0.4, -0.2) is 31.1 Å². The number of rotatable bonds is 4. The van der Waals surface area contributed by atoms with E-state index in [-0.39, 0.29) is 5.97 Å². The lowest BCUT2D eigenvalue weighted by Crippen LogP contribution is -2.22. The van der Waals surface area contributed by atoms with Crippen molar-refractivity contribution in [2.75, 3.05) is 25.9 Å². The summed E-state index contributed by atoms with van der Waals surface area (Å²) in [6.45, 7) is 5.19. The zero-order chi connectivity index (χ0) is 13.8. The lowest BCUT2D eigenvalue weighted by atomic mass is 10.0. The third-order valence-corrected chi connectivity index (χ3v) is 3.91. The second-order valence-corrected chi connectivity index (χ2v) is 5.17. The van der Waals surface area contributed by atoms with Gasteiger partial charge in [-0.3, -0.25) is 4.90 Å². The number of hydrogen-bond acceptors (Lipinski definition) is 4. The third kappa shape index (κ3) is 3.07. The number of methoxy groups -OCH3 is 1. The van der Waals surface area contributed by atoms with E-state index in [1.807, 2.05) is 12.1 Å². The summed E-state index contributed by atoms with van der Waals surface area (Å²) < 4.78 is 4.83. The highest BCUT2D eigenvalue weighted by Crippen LogP contribution is 2.24. The summed E-state index contributed by atoms with van der Waals surface area (Å²) in [5.41, 5.74) is 7.88. The summed E-state index contributed by atoms with van der Waals surface area (Å²) >= 11 is 0. The fraction of sp³-hybridized carbons (Fsp3) is 0.533. The normalized spacial score (nSPS) is 19.6. The van der Waals surface area contributed by atoms with Crippen LogP contribution in [0.5, 0.6) is 0 Å². The van der Waals surface area contributed by atoms with Crippen molar-refractivity contribution in [2.45, 2.75) is 26.3 Å². The van der Waals surface area contributed by atoms with Crippen molar-refractivity contribution < 1.29 is 9.53 Å². The Balaban J connectivity index is 2.16. The molecule has 1 aromatic carbocycles. The summed E-state index contributed by atoms with van der Waals surface area (Å²) in [6, 6.07) is 5.60. The maximum Gasteiger partial charge on any atom is 0.340 e. The van der Waals surface area contributed by atoms with Crippen LogP contribution in [0.3, 0.4) is 0 Å². The SMILES string of the molecule is CCC1CCN(Cc2cccc(N)c2C(=O)OC)C1. The second-order valence-electron chi connectivity index (χ2n) is 5.17. The minimum Gasteiger partial charge on any atom is -0.465 e. The molecule has 4 heteroatoms. The van der Waals surface area contributed by atoms with Gasteiger partial charge < -0.3 is 10.5 Å². The van der Waals surface area contributed by atoms with E-state index >= 15 is 0 Å². The number of nitrogens with zero attached hydrogens (tertiary/aromatic N) is 1. The highest BCUT2D eigenvalue weighted by Gasteiger charge is 2.23. The molecule has 0 bridgehead atoms. The molecule has 1 aromatic rings. The Kier molecular flexibility index (Phi) is 4.43. The van der Waals surface area contributed by atoms with Crippen LogP contribution in [0, 0.1) is 5.92 Å². The number of carbonyl (C=O) groups is 1. The molecule has 0 aromatic heterocycles. The van der Waals surface area contributed by atoms with Crippen LogP contribution in [-0.2, 0) is 11.3 Å². The minimum absolute atomic E-state index is 0.348. The van der Waals surface area contributed by atoms with E-state index in [9.17, 15) is 4.79 Å². The molecule has 0 saturated carbocycles. The zero-order valence-electron chi connectivity index (χ0n) is 11.7. The van der Waals surface area contributed by atoms with E-state index in [0.717, 1.165) is 31.1 Å². The van der Waals surface area contributed by atoms with Crippen molar-refractivity contribution in [2.24, 2.45) is 5.92 Å². The highest BCUT2D eigenvalue weighted by atomic mass is 16.5. The largest absolute Gasteiger partial charge is 0.465 e. The van der Waals surface area contributed by atoms with E-state index in [2.05, 4.69) is 11.8 Å². The Bertz CT molecular complexity index is 459. The van der Waals surface area contributed by atoms with Gasteiger partial charge >= 0.3 is 5.97 Å². The number of likely N-dealkylation sites (tertiary alicyclic amines) is 1. The predicted molar refractivity (Wildman–Crippen MR) is 75.9 cm³/mol. The monoisotopic (exact) mass is 262 g/mol. The molecule has 4 nitrogen and oxygen atoms in total. The van der Waals surface area contributed by atoms with Gasteiger partial charge in [-0.15, -0.1) is 0 Å². The lowest BCUT2D eigenvalue weighted by molar-refractivity contribution is 0.0599. The first-order valence-electron chi connectivity index (χ1n) is 6.83. The Morgan fingerprint density at radius 2 is 2.32 bits per heavy atom. The number of esters is 1. The fourth-order valence-electron chi connectivity index (χ4n) is 2.73. The number of anilines is 1. The number of ether oxygens (including phenoxy) is 1. The van der Waals surface area contributed by atoms with E-state index in [1.54, 1.807) is 6.07 Å². The molecule has 1 fully saturated rings. The van der Waals surface area contributed by atoms with Crippen LogP contribution in [0.4, 0.5) is 5.69 Å². The molecule has 1 aliphatic rings. The molecule has 1 heterocycles. The van der Waals surface area contributed by atoms with Gasteiger partial charge in [0.2, 0.25) is 0 Å². The van der Waals surface area contributed by atoms with Gasteiger partial charge in [-0.2, -0.15) is 0 Å². The average Bonchev–Trinajstić information content (AvgIpc) is 2.86. The van der Waals surface area contributed by atoms with Gasteiger partial charge in [-0.05, 0) is 30.5 Å². The topological polar surface area (TPSA) is 55.6 Å². The Morgan fingerprint density at radius 1 is 1.53 bits per heavy atom. The van der Waals surface area contributed by atoms with Gasteiger partial charge in [-0.1, -0.05) is 25.5 Å². The standard InChI is InChI=1S/C15H22N2O2/c1-3-11-7-8-17(9-11)10-12-5-4-6-13(16)14(12)15(18)19-2/h4-6,11H,3,7-10,16H2,1-2H3.